The maximum absolute atomic E-state index is 11.6. The molecule has 12 heavy (non-hydrogen) atoms. The molecule has 1 heterocycles. The van der Waals surface area contributed by atoms with Gasteiger partial charge in [0, 0.05) is 19.0 Å². The Morgan fingerprint density at radius 2 is 2.33 bits per heavy atom. The molecule has 0 saturated carbocycles. The summed E-state index contributed by atoms with van der Waals surface area (Å²) in [4.78, 5) is 13.5. The summed E-state index contributed by atoms with van der Waals surface area (Å²) in [5.74, 6) is 0.303. The molecule has 0 aromatic carbocycles. The second-order valence-electron chi connectivity index (χ2n) is 3.89. The second-order valence-corrected chi connectivity index (χ2v) is 3.89. The van der Waals surface area contributed by atoms with Crippen molar-refractivity contribution in [3.63, 3.8) is 0 Å². The number of hydrogen-bond donors (Lipinski definition) is 1. The fourth-order valence-corrected chi connectivity index (χ4v) is 1.72. The lowest BCUT2D eigenvalue weighted by Crippen LogP contribution is -2.32. The number of carbonyl (C=O) groups is 1. The Bertz CT molecular complexity index is 181. The Kier molecular flexibility index (Phi) is 2.73. The van der Waals surface area contributed by atoms with Crippen LogP contribution in [0.15, 0.2) is 0 Å². The highest BCUT2D eigenvalue weighted by molar-refractivity contribution is 5.84. The van der Waals surface area contributed by atoms with Gasteiger partial charge in [-0.3, -0.25) is 4.79 Å². The minimum atomic E-state index is -0.0994. The molecule has 0 aromatic heterocycles. The predicted octanol–water partition coefficient (Wildman–Crippen LogP) is 0.464. The largest absolute Gasteiger partial charge is 0.345 e. The van der Waals surface area contributed by atoms with Crippen molar-refractivity contribution in [2.45, 2.75) is 19.8 Å². The first-order valence-corrected chi connectivity index (χ1v) is 4.50. The minimum absolute atomic E-state index is 0.0994. The number of carbonyl (C=O) groups excluding carboxylic acids is 1. The van der Waals surface area contributed by atoms with E-state index in [0.717, 1.165) is 25.9 Å². The Labute approximate surface area is 74.1 Å². The van der Waals surface area contributed by atoms with E-state index in [-0.39, 0.29) is 5.41 Å². The molecule has 1 saturated heterocycles. The molecule has 70 valence electrons. The van der Waals surface area contributed by atoms with Gasteiger partial charge in [0.05, 0.1) is 0 Å². The standard InChI is InChI=1S/C9H18N2O/c1-9(4-6-10-2)5-7-11(3)8(9)12/h10H,4-7H2,1-3H3. The molecule has 0 bridgehead atoms. The first kappa shape index (κ1) is 9.52. The molecule has 1 aliphatic rings. The van der Waals surface area contributed by atoms with E-state index < -0.39 is 0 Å². The van der Waals surface area contributed by atoms with E-state index in [2.05, 4.69) is 12.2 Å². The SMILES string of the molecule is CNCCC1(C)CCN(C)C1=O. The fraction of sp³-hybridized carbons (Fsp3) is 0.889. The average Bonchev–Trinajstić information content (AvgIpc) is 2.31. The zero-order chi connectivity index (χ0) is 9.19. The van der Waals surface area contributed by atoms with Crippen LogP contribution in [-0.4, -0.2) is 38.0 Å². The third-order valence-electron chi connectivity index (χ3n) is 2.79. The number of hydrogen-bond acceptors (Lipinski definition) is 2. The summed E-state index contributed by atoms with van der Waals surface area (Å²) < 4.78 is 0. The average molecular weight is 170 g/mol. The van der Waals surface area contributed by atoms with Crippen LogP contribution < -0.4 is 5.32 Å². The molecule has 1 rings (SSSR count). The first-order chi connectivity index (χ1) is 5.60. The lowest BCUT2D eigenvalue weighted by Gasteiger charge is -2.21. The van der Waals surface area contributed by atoms with Crippen LogP contribution in [0, 0.1) is 5.41 Å². The number of rotatable bonds is 3. The van der Waals surface area contributed by atoms with E-state index >= 15 is 0 Å². The molecule has 3 nitrogen and oxygen atoms in total. The topological polar surface area (TPSA) is 32.3 Å². The highest BCUT2D eigenvalue weighted by Crippen LogP contribution is 2.33. The molecule has 0 spiro atoms. The zero-order valence-corrected chi connectivity index (χ0v) is 8.18. The predicted molar refractivity (Wildman–Crippen MR) is 48.9 cm³/mol. The number of amides is 1. The molecule has 1 unspecified atom stereocenters. The van der Waals surface area contributed by atoms with Crippen LogP contribution >= 0.6 is 0 Å². The summed E-state index contributed by atoms with van der Waals surface area (Å²) in [7, 11) is 3.81. The third kappa shape index (κ3) is 1.61. The van der Waals surface area contributed by atoms with Crippen LogP contribution in [0.1, 0.15) is 19.8 Å². The van der Waals surface area contributed by atoms with Gasteiger partial charge in [0.15, 0.2) is 0 Å². The minimum Gasteiger partial charge on any atom is -0.345 e. The Hall–Kier alpha value is -0.570. The molecule has 0 radical (unpaired) electrons. The van der Waals surface area contributed by atoms with Crippen LogP contribution in [0.2, 0.25) is 0 Å². The number of nitrogens with zero attached hydrogens (tertiary/aromatic N) is 1. The maximum Gasteiger partial charge on any atom is 0.228 e. The summed E-state index contributed by atoms with van der Waals surface area (Å²) in [6.45, 7) is 3.91. The van der Waals surface area contributed by atoms with E-state index in [4.69, 9.17) is 0 Å². The van der Waals surface area contributed by atoms with Gasteiger partial charge in [0.2, 0.25) is 5.91 Å². The van der Waals surface area contributed by atoms with Crippen LogP contribution in [0.4, 0.5) is 0 Å². The number of nitrogens with one attached hydrogen (secondary N) is 1. The Balaban J connectivity index is 2.54. The number of likely N-dealkylation sites (tertiary alicyclic amines) is 1. The molecule has 1 atom stereocenters. The van der Waals surface area contributed by atoms with Gasteiger partial charge < -0.3 is 10.2 Å². The van der Waals surface area contributed by atoms with Crippen LogP contribution in [0.3, 0.4) is 0 Å². The van der Waals surface area contributed by atoms with Crippen molar-refractivity contribution in [2.24, 2.45) is 5.41 Å². The normalized spacial score (nSPS) is 29.9. The molecule has 1 aliphatic heterocycles. The van der Waals surface area contributed by atoms with Crippen molar-refractivity contribution in [1.29, 1.82) is 0 Å². The molecule has 3 heteroatoms. The monoisotopic (exact) mass is 170 g/mol. The molecule has 0 aromatic rings. The zero-order valence-electron chi connectivity index (χ0n) is 8.18. The Morgan fingerprint density at radius 1 is 1.67 bits per heavy atom. The molecule has 1 amide bonds. The van der Waals surface area contributed by atoms with Gasteiger partial charge >= 0.3 is 0 Å². The van der Waals surface area contributed by atoms with Gasteiger partial charge in [-0.05, 0) is 26.4 Å². The van der Waals surface area contributed by atoms with E-state index in [9.17, 15) is 4.79 Å². The van der Waals surface area contributed by atoms with E-state index in [1.165, 1.54) is 0 Å². The molecule has 1 fully saturated rings. The van der Waals surface area contributed by atoms with Crippen molar-refractivity contribution in [3.05, 3.63) is 0 Å². The highest BCUT2D eigenvalue weighted by Gasteiger charge is 2.40. The first-order valence-electron chi connectivity index (χ1n) is 4.50. The van der Waals surface area contributed by atoms with Gasteiger partial charge in [0.1, 0.15) is 0 Å². The lowest BCUT2D eigenvalue weighted by atomic mass is 9.85. The summed E-state index contributed by atoms with van der Waals surface area (Å²) in [5, 5.41) is 3.08. The van der Waals surface area contributed by atoms with Gasteiger partial charge in [-0.15, -0.1) is 0 Å². The van der Waals surface area contributed by atoms with Crippen molar-refractivity contribution >= 4 is 5.91 Å². The molecular weight excluding hydrogens is 152 g/mol. The van der Waals surface area contributed by atoms with E-state index in [1.54, 1.807) is 0 Å². The fourth-order valence-electron chi connectivity index (χ4n) is 1.72. The Morgan fingerprint density at radius 3 is 2.75 bits per heavy atom. The van der Waals surface area contributed by atoms with Gasteiger partial charge in [-0.25, -0.2) is 0 Å². The molecular formula is C9H18N2O. The third-order valence-corrected chi connectivity index (χ3v) is 2.79. The van der Waals surface area contributed by atoms with Crippen molar-refractivity contribution in [3.8, 4) is 0 Å². The second kappa shape index (κ2) is 3.44. The van der Waals surface area contributed by atoms with E-state index in [1.807, 2.05) is 19.0 Å². The highest BCUT2D eigenvalue weighted by atomic mass is 16.2. The van der Waals surface area contributed by atoms with Crippen LogP contribution in [0.25, 0.3) is 0 Å². The molecule has 1 N–H and O–H groups in total. The van der Waals surface area contributed by atoms with Crippen LogP contribution in [0.5, 0.6) is 0 Å². The van der Waals surface area contributed by atoms with Crippen LogP contribution in [-0.2, 0) is 4.79 Å². The van der Waals surface area contributed by atoms with Crippen molar-refractivity contribution < 1.29 is 4.79 Å². The molecule has 0 aliphatic carbocycles. The van der Waals surface area contributed by atoms with Gasteiger partial charge in [0.25, 0.3) is 0 Å². The maximum atomic E-state index is 11.6. The summed E-state index contributed by atoms with van der Waals surface area (Å²) >= 11 is 0. The van der Waals surface area contributed by atoms with Crippen molar-refractivity contribution in [1.82, 2.24) is 10.2 Å². The van der Waals surface area contributed by atoms with Crippen molar-refractivity contribution in [2.75, 3.05) is 27.2 Å². The smallest absolute Gasteiger partial charge is 0.228 e. The lowest BCUT2D eigenvalue weighted by molar-refractivity contribution is -0.134. The van der Waals surface area contributed by atoms with Gasteiger partial charge in [-0.2, -0.15) is 0 Å². The quantitative estimate of drug-likeness (QED) is 0.667. The van der Waals surface area contributed by atoms with E-state index in [0.29, 0.717) is 5.91 Å². The summed E-state index contributed by atoms with van der Waals surface area (Å²) in [6, 6.07) is 0. The van der Waals surface area contributed by atoms with Gasteiger partial charge in [-0.1, -0.05) is 6.92 Å². The summed E-state index contributed by atoms with van der Waals surface area (Å²) in [6.07, 6.45) is 1.96. The summed E-state index contributed by atoms with van der Waals surface area (Å²) in [5.41, 5.74) is -0.0994.